The van der Waals surface area contributed by atoms with Crippen molar-refractivity contribution in [3.63, 3.8) is 0 Å². The van der Waals surface area contributed by atoms with Crippen LogP contribution in [-0.4, -0.2) is 42.4 Å². The second kappa shape index (κ2) is 11.4. The summed E-state index contributed by atoms with van der Waals surface area (Å²) in [6.07, 6.45) is -16.3. The van der Waals surface area contributed by atoms with Gasteiger partial charge < -0.3 is 14.2 Å². The van der Waals surface area contributed by atoms with E-state index in [4.69, 9.17) is 0 Å². The zero-order chi connectivity index (χ0) is 24.5. The van der Waals surface area contributed by atoms with E-state index >= 15 is 0 Å². The molecule has 0 rings (SSSR count). The first-order chi connectivity index (χ1) is 13.9. The molecule has 0 aromatic rings. The first-order valence-electron chi connectivity index (χ1n) is 8.85. The molecule has 0 amide bonds. The summed E-state index contributed by atoms with van der Waals surface area (Å²) in [4.78, 5) is 33.2. The van der Waals surface area contributed by atoms with Gasteiger partial charge in [0.05, 0.1) is 6.42 Å². The zero-order valence-corrected chi connectivity index (χ0v) is 16.0. The van der Waals surface area contributed by atoms with Crippen LogP contribution in [0.1, 0.15) is 58.3 Å². The van der Waals surface area contributed by atoms with E-state index in [9.17, 15) is 53.9 Å². The molecule has 0 aromatic heterocycles. The fraction of sp³-hybridized carbons (Fsp3) is 0.812. The first-order valence-corrected chi connectivity index (χ1v) is 8.85. The fourth-order valence-electron chi connectivity index (χ4n) is 2.11. The lowest BCUT2D eigenvalue weighted by atomic mass is 10.1. The van der Waals surface area contributed by atoms with Gasteiger partial charge in [0.1, 0.15) is 0 Å². The topological polar surface area (TPSA) is 78.9 Å². The summed E-state index contributed by atoms with van der Waals surface area (Å²) in [6.45, 7) is 1.90. The molecule has 6 nitrogen and oxygen atoms in total. The molecule has 0 unspecified atom stereocenters. The molecule has 0 aliphatic rings. The third-order valence-corrected chi connectivity index (χ3v) is 3.53. The van der Waals surface area contributed by atoms with Crippen molar-refractivity contribution in [3.8, 4) is 0 Å². The van der Waals surface area contributed by atoms with Crippen molar-refractivity contribution in [2.45, 2.75) is 82.8 Å². The van der Waals surface area contributed by atoms with Crippen LogP contribution in [0, 0.1) is 0 Å². The zero-order valence-electron chi connectivity index (χ0n) is 16.0. The second-order valence-electron chi connectivity index (χ2n) is 6.22. The monoisotopic (exact) mass is 478 g/mol. The van der Waals surface area contributed by atoms with Crippen LogP contribution in [-0.2, 0) is 28.6 Å². The van der Waals surface area contributed by atoms with Crippen LogP contribution in [0.25, 0.3) is 0 Å². The van der Waals surface area contributed by atoms with E-state index < -0.39 is 55.3 Å². The van der Waals surface area contributed by atoms with Gasteiger partial charge >= 0.3 is 42.4 Å². The third kappa shape index (κ3) is 11.1. The highest BCUT2D eigenvalue weighted by Crippen LogP contribution is 2.33. The summed E-state index contributed by atoms with van der Waals surface area (Å²) in [5.74, 6) is -14.2. The quantitative estimate of drug-likeness (QED) is 0.178. The molecule has 0 aliphatic heterocycles. The highest BCUT2D eigenvalue weighted by molar-refractivity contribution is 5.79. The Bertz CT molecular complexity index is 541. The lowest BCUT2D eigenvalue weighted by molar-refractivity contribution is -0.360. The SMILES string of the molecule is CCCCCCCCCC(OC(=O)C(F)(F)F)(OC(=O)C(F)(F)F)OC(=O)C(F)(F)F. The number of esters is 3. The normalized spacial score (nSPS) is 13.0. The molecular formula is C16H19F9O6. The summed E-state index contributed by atoms with van der Waals surface area (Å²) in [5.41, 5.74) is 0. The van der Waals surface area contributed by atoms with Crippen molar-refractivity contribution in [1.82, 2.24) is 0 Å². The number of hydrogen-bond donors (Lipinski definition) is 0. The van der Waals surface area contributed by atoms with Gasteiger partial charge in [0.15, 0.2) is 0 Å². The largest absolute Gasteiger partial charge is 0.491 e. The van der Waals surface area contributed by atoms with Gasteiger partial charge in [-0.2, -0.15) is 39.5 Å². The molecule has 0 saturated carbocycles. The van der Waals surface area contributed by atoms with E-state index in [1.165, 1.54) is 0 Å². The lowest BCUT2D eigenvalue weighted by Gasteiger charge is -2.32. The number of ether oxygens (including phenoxy) is 3. The molecule has 0 heterocycles. The Morgan fingerprint density at radius 3 is 1.13 bits per heavy atom. The maximum absolute atomic E-state index is 12.5. The number of hydrogen-bond acceptors (Lipinski definition) is 6. The Morgan fingerprint density at radius 1 is 0.548 bits per heavy atom. The molecule has 0 atom stereocenters. The van der Waals surface area contributed by atoms with Crippen LogP contribution < -0.4 is 0 Å². The average molecular weight is 478 g/mol. The molecule has 0 aliphatic carbocycles. The molecule has 182 valence electrons. The number of rotatable bonds is 11. The molecule has 0 radical (unpaired) electrons. The minimum atomic E-state index is -5.92. The summed E-state index contributed by atoms with van der Waals surface area (Å²) in [6, 6.07) is 0. The van der Waals surface area contributed by atoms with E-state index in [-0.39, 0.29) is 6.42 Å². The Labute approximate surface area is 170 Å². The minimum absolute atomic E-state index is 0.0160. The minimum Gasteiger partial charge on any atom is -0.381 e. The molecule has 0 saturated heterocycles. The van der Waals surface area contributed by atoms with Crippen LogP contribution in [0.3, 0.4) is 0 Å². The van der Waals surface area contributed by atoms with Crippen LogP contribution in [0.5, 0.6) is 0 Å². The summed E-state index contributed by atoms with van der Waals surface area (Å²) in [7, 11) is 0. The number of carbonyl (C=O) groups excluding carboxylic acids is 3. The molecule has 31 heavy (non-hydrogen) atoms. The predicted octanol–water partition coefficient (Wildman–Crippen LogP) is 5.10. The molecule has 0 N–H and O–H groups in total. The van der Waals surface area contributed by atoms with Gasteiger partial charge in [-0.15, -0.1) is 0 Å². The summed E-state index contributed by atoms with van der Waals surface area (Å²) < 4.78 is 123. The maximum atomic E-state index is 12.5. The van der Waals surface area contributed by atoms with E-state index in [1.54, 1.807) is 0 Å². The van der Waals surface area contributed by atoms with Crippen molar-refractivity contribution < 1.29 is 68.1 Å². The second-order valence-corrected chi connectivity index (χ2v) is 6.22. The lowest BCUT2D eigenvalue weighted by Crippen LogP contribution is -2.50. The Balaban J connectivity index is 5.73. The molecule has 0 aromatic carbocycles. The predicted molar refractivity (Wildman–Crippen MR) is 81.8 cm³/mol. The van der Waals surface area contributed by atoms with Crippen molar-refractivity contribution in [1.29, 1.82) is 0 Å². The van der Waals surface area contributed by atoms with Gasteiger partial charge in [-0.25, -0.2) is 14.4 Å². The molecule has 0 bridgehead atoms. The van der Waals surface area contributed by atoms with Crippen molar-refractivity contribution in [3.05, 3.63) is 0 Å². The third-order valence-electron chi connectivity index (χ3n) is 3.53. The standard InChI is InChI=1S/C16H19F9O6/c1-2-3-4-5-6-7-8-9-13(29-10(26)14(17,18)19,30-11(27)15(20,21)22)31-12(28)16(23,24)25/h2-9H2,1H3. The highest BCUT2D eigenvalue weighted by atomic mass is 19.4. The van der Waals surface area contributed by atoms with E-state index in [2.05, 4.69) is 14.2 Å². The van der Waals surface area contributed by atoms with Gasteiger partial charge in [-0.3, -0.25) is 0 Å². The number of alkyl halides is 9. The van der Waals surface area contributed by atoms with Gasteiger partial charge in [0, 0.05) is 0 Å². The van der Waals surface area contributed by atoms with Crippen LogP contribution in [0.4, 0.5) is 39.5 Å². The van der Waals surface area contributed by atoms with E-state index in [0.29, 0.717) is 12.8 Å². The van der Waals surface area contributed by atoms with Crippen LogP contribution in [0.15, 0.2) is 0 Å². The average Bonchev–Trinajstić information content (AvgIpc) is 2.58. The van der Waals surface area contributed by atoms with Gasteiger partial charge in [0.2, 0.25) is 0 Å². The smallest absolute Gasteiger partial charge is 0.381 e. The van der Waals surface area contributed by atoms with Crippen molar-refractivity contribution >= 4 is 17.9 Å². The molecule has 0 spiro atoms. The Hall–Kier alpha value is -2.22. The molecular weight excluding hydrogens is 459 g/mol. The van der Waals surface area contributed by atoms with Crippen LogP contribution in [0.2, 0.25) is 0 Å². The van der Waals surface area contributed by atoms with E-state index in [1.807, 2.05) is 6.92 Å². The number of carbonyl (C=O) groups is 3. The summed E-state index contributed by atoms with van der Waals surface area (Å²) in [5, 5.41) is 0. The van der Waals surface area contributed by atoms with Crippen molar-refractivity contribution in [2.24, 2.45) is 0 Å². The first kappa shape index (κ1) is 28.8. The van der Waals surface area contributed by atoms with Gasteiger partial charge in [-0.1, -0.05) is 45.4 Å². The molecule has 15 heteroatoms. The number of unbranched alkanes of at least 4 members (excludes halogenated alkanes) is 6. The van der Waals surface area contributed by atoms with Crippen LogP contribution >= 0.6 is 0 Å². The van der Waals surface area contributed by atoms with E-state index in [0.717, 1.165) is 19.3 Å². The van der Waals surface area contributed by atoms with Crippen molar-refractivity contribution in [2.75, 3.05) is 0 Å². The maximum Gasteiger partial charge on any atom is 0.491 e. The fourth-order valence-corrected chi connectivity index (χ4v) is 2.11. The highest BCUT2D eigenvalue weighted by Gasteiger charge is 2.57. The Morgan fingerprint density at radius 2 is 0.839 bits per heavy atom. The van der Waals surface area contributed by atoms with Gasteiger partial charge in [0.25, 0.3) is 0 Å². The Kier molecular flexibility index (Phi) is 10.6. The number of halogens is 9. The summed E-state index contributed by atoms with van der Waals surface area (Å²) >= 11 is 0. The molecule has 0 fully saturated rings. The van der Waals surface area contributed by atoms with Gasteiger partial charge in [-0.05, 0) is 6.42 Å².